The first-order valence-corrected chi connectivity index (χ1v) is 9.23. The molecule has 7 heteroatoms. The van der Waals surface area contributed by atoms with E-state index in [0.717, 1.165) is 4.70 Å². The highest BCUT2D eigenvalue weighted by molar-refractivity contribution is 7.24. The van der Waals surface area contributed by atoms with Crippen molar-refractivity contribution in [3.05, 3.63) is 93.3 Å². The summed E-state index contributed by atoms with van der Waals surface area (Å²) >= 11 is 1.26. The zero-order chi connectivity index (χ0) is 19.3. The van der Waals surface area contributed by atoms with E-state index < -0.39 is 16.8 Å². The monoisotopic (exact) mass is 390 g/mol. The third kappa shape index (κ3) is 2.48. The van der Waals surface area contributed by atoms with Crippen LogP contribution in [0.2, 0.25) is 0 Å². The van der Waals surface area contributed by atoms with Crippen molar-refractivity contribution >= 4 is 31.6 Å². The van der Waals surface area contributed by atoms with E-state index in [4.69, 9.17) is 4.42 Å². The number of rotatable bonds is 2. The summed E-state index contributed by atoms with van der Waals surface area (Å²) in [5.41, 5.74) is -0.685. The maximum atomic E-state index is 13.8. The van der Waals surface area contributed by atoms with Gasteiger partial charge in [-0.15, -0.1) is 11.3 Å². The number of benzene rings is 2. The van der Waals surface area contributed by atoms with E-state index in [1.165, 1.54) is 40.4 Å². The summed E-state index contributed by atoms with van der Waals surface area (Å²) in [5.74, 6) is 0.0497. The molecule has 0 saturated carbocycles. The second-order valence-corrected chi connectivity index (χ2v) is 7.17. The quantitative estimate of drug-likeness (QED) is 0.420. The minimum absolute atomic E-state index is 0.0248. The molecule has 3 aromatic heterocycles. The van der Waals surface area contributed by atoms with Gasteiger partial charge in [-0.05, 0) is 42.5 Å². The maximum Gasteiger partial charge on any atom is 0.271 e. The van der Waals surface area contributed by atoms with Crippen LogP contribution in [0.3, 0.4) is 0 Å². The van der Waals surface area contributed by atoms with Crippen molar-refractivity contribution in [2.75, 3.05) is 0 Å². The van der Waals surface area contributed by atoms with Gasteiger partial charge < -0.3 is 4.42 Å². The van der Waals surface area contributed by atoms with Crippen molar-refractivity contribution in [1.29, 1.82) is 0 Å². The maximum absolute atomic E-state index is 13.8. The highest BCUT2D eigenvalue weighted by Gasteiger charge is 2.20. The van der Waals surface area contributed by atoms with Crippen LogP contribution in [0.5, 0.6) is 0 Å². The average molecular weight is 390 g/mol. The lowest BCUT2D eigenvalue weighted by atomic mass is 10.2. The molecule has 3 heterocycles. The summed E-state index contributed by atoms with van der Waals surface area (Å²) in [5, 5.41) is 0.429. The fourth-order valence-electron chi connectivity index (χ4n) is 3.18. The fourth-order valence-corrected chi connectivity index (χ4v) is 4.22. The van der Waals surface area contributed by atoms with Gasteiger partial charge in [0.15, 0.2) is 11.6 Å². The Balaban J connectivity index is 1.99. The Hall–Kier alpha value is -3.58. The largest absolute Gasteiger partial charge is 0.461 e. The minimum atomic E-state index is -0.561. The van der Waals surface area contributed by atoms with Crippen LogP contribution in [0, 0.1) is 5.82 Å². The number of hydrogen-bond acceptors (Lipinski definition) is 5. The van der Waals surface area contributed by atoms with Gasteiger partial charge >= 0.3 is 0 Å². The average Bonchev–Trinajstić information content (AvgIpc) is 3.22. The predicted octanol–water partition coefficient (Wildman–Crippen LogP) is 4.36. The molecule has 0 aliphatic carbocycles. The Labute approximate surface area is 160 Å². The Morgan fingerprint density at radius 1 is 1.00 bits per heavy atom. The molecule has 2 aromatic carbocycles. The molecule has 5 aromatic rings. The highest BCUT2D eigenvalue weighted by atomic mass is 32.1. The molecule has 0 unspecified atom stereocenters. The molecular weight excluding hydrogens is 379 g/mol. The Morgan fingerprint density at radius 2 is 1.86 bits per heavy atom. The number of nitrogens with zero attached hydrogens (tertiary/aromatic N) is 2. The van der Waals surface area contributed by atoms with E-state index in [1.54, 1.807) is 30.3 Å². The lowest BCUT2D eigenvalue weighted by Gasteiger charge is -2.12. The van der Waals surface area contributed by atoms with Crippen molar-refractivity contribution in [2.24, 2.45) is 0 Å². The first-order chi connectivity index (χ1) is 13.6. The van der Waals surface area contributed by atoms with Gasteiger partial charge in [-0.1, -0.05) is 18.2 Å². The van der Waals surface area contributed by atoms with Gasteiger partial charge in [-0.3, -0.25) is 14.2 Å². The van der Waals surface area contributed by atoms with Gasteiger partial charge in [0.1, 0.15) is 16.0 Å². The fraction of sp³-hybridized carbons (Fsp3) is 0. The molecule has 5 rings (SSSR count). The van der Waals surface area contributed by atoms with Crippen LogP contribution in [0.4, 0.5) is 4.39 Å². The van der Waals surface area contributed by atoms with E-state index in [0.29, 0.717) is 16.0 Å². The smallest absolute Gasteiger partial charge is 0.271 e. The zero-order valence-corrected chi connectivity index (χ0v) is 15.1. The lowest BCUT2D eigenvalue weighted by Crippen LogP contribution is -2.26. The summed E-state index contributed by atoms with van der Waals surface area (Å²) in [7, 11) is 0. The van der Waals surface area contributed by atoms with Crippen LogP contribution >= 0.6 is 11.3 Å². The van der Waals surface area contributed by atoms with Crippen molar-refractivity contribution in [3.8, 4) is 17.3 Å². The summed E-state index contributed by atoms with van der Waals surface area (Å²) in [6, 6.07) is 16.0. The van der Waals surface area contributed by atoms with Gasteiger partial charge in [0.05, 0.1) is 12.0 Å². The third-order valence-corrected chi connectivity index (χ3v) is 5.49. The van der Waals surface area contributed by atoms with Crippen LogP contribution in [0.1, 0.15) is 0 Å². The molecule has 28 heavy (non-hydrogen) atoms. The Kier molecular flexibility index (Phi) is 3.70. The Bertz CT molecular complexity index is 1470. The molecule has 0 bridgehead atoms. The van der Waals surface area contributed by atoms with Crippen molar-refractivity contribution < 1.29 is 8.81 Å². The molecule has 136 valence electrons. The van der Waals surface area contributed by atoms with Gasteiger partial charge in [0.2, 0.25) is 5.43 Å². The van der Waals surface area contributed by atoms with Crippen molar-refractivity contribution in [3.63, 3.8) is 0 Å². The van der Waals surface area contributed by atoms with Crippen LogP contribution in [0.25, 0.3) is 37.6 Å². The molecule has 0 saturated heterocycles. The van der Waals surface area contributed by atoms with E-state index in [-0.39, 0.29) is 16.9 Å². The molecule has 0 amide bonds. The lowest BCUT2D eigenvalue weighted by molar-refractivity contribution is 0.574. The van der Waals surface area contributed by atoms with Crippen LogP contribution in [0.15, 0.2) is 80.9 Å². The van der Waals surface area contributed by atoms with Gasteiger partial charge in [0, 0.05) is 10.1 Å². The SMILES string of the molecule is O=c1c2ccccc2sc2nc(-c3ccco3)n(-c3cccc(F)c3)c(=O)c12. The molecule has 0 fully saturated rings. The second kappa shape index (κ2) is 6.24. The predicted molar refractivity (Wildman–Crippen MR) is 107 cm³/mol. The summed E-state index contributed by atoms with van der Waals surface area (Å²) in [4.78, 5) is 31.3. The van der Waals surface area contributed by atoms with Crippen molar-refractivity contribution in [1.82, 2.24) is 9.55 Å². The number of hydrogen-bond donors (Lipinski definition) is 0. The molecule has 0 spiro atoms. The molecule has 0 aliphatic rings. The van der Waals surface area contributed by atoms with Crippen LogP contribution < -0.4 is 11.0 Å². The van der Waals surface area contributed by atoms with Crippen LogP contribution in [-0.4, -0.2) is 9.55 Å². The molecule has 0 N–H and O–H groups in total. The van der Waals surface area contributed by atoms with E-state index in [2.05, 4.69) is 4.98 Å². The normalized spacial score (nSPS) is 11.3. The number of halogens is 1. The molecule has 0 aliphatic heterocycles. The highest BCUT2D eigenvalue weighted by Crippen LogP contribution is 2.26. The van der Waals surface area contributed by atoms with Crippen molar-refractivity contribution in [2.45, 2.75) is 0 Å². The number of fused-ring (bicyclic) bond motifs is 2. The summed E-state index contributed by atoms with van der Waals surface area (Å²) in [6.07, 6.45) is 1.46. The van der Waals surface area contributed by atoms with Gasteiger partial charge in [-0.25, -0.2) is 9.37 Å². The summed E-state index contributed by atoms with van der Waals surface area (Å²) < 4.78 is 21.2. The number of aromatic nitrogens is 2. The van der Waals surface area contributed by atoms with Crippen LogP contribution in [-0.2, 0) is 0 Å². The minimum Gasteiger partial charge on any atom is -0.461 e. The van der Waals surface area contributed by atoms with E-state index in [1.807, 2.05) is 12.1 Å². The molecular formula is C21H11FN2O3S. The zero-order valence-electron chi connectivity index (χ0n) is 14.3. The number of furan rings is 1. The first-order valence-electron chi connectivity index (χ1n) is 8.42. The molecule has 0 atom stereocenters. The third-order valence-electron chi connectivity index (χ3n) is 4.42. The van der Waals surface area contributed by atoms with E-state index in [9.17, 15) is 14.0 Å². The standard InChI is InChI=1S/C21H11FN2O3S/c22-12-5-3-6-13(11-12)24-19(15-8-4-10-27-15)23-20-17(21(24)26)18(25)14-7-1-2-9-16(14)28-20/h1-11H. The van der Waals surface area contributed by atoms with E-state index >= 15 is 0 Å². The molecule has 5 nitrogen and oxygen atoms in total. The second-order valence-electron chi connectivity index (χ2n) is 6.14. The Morgan fingerprint density at radius 3 is 2.64 bits per heavy atom. The van der Waals surface area contributed by atoms with Gasteiger partial charge in [-0.2, -0.15) is 0 Å². The first kappa shape index (κ1) is 16.6. The topological polar surface area (TPSA) is 65.1 Å². The molecule has 0 radical (unpaired) electrons. The summed E-state index contributed by atoms with van der Waals surface area (Å²) in [6.45, 7) is 0. The van der Waals surface area contributed by atoms with Gasteiger partial charge in [0.25, 0.3) is 5.56 Å².